The fraction of sp³-hybridized carbons (Fsp3) is 0.308. The molecule has 0 unspecified atom stereocenters. The Morgan fingerprint density at radius 2 is 2.24 bits per heavy atom. The van der Waals surface area contributed by atoms with E-state index >= 15 is 0 Å². The minimum atomic E-state index is 0.460. The number of aromatic nitrogens is 2. The molecule has 2 aromatic rings. The van der Waals surface area contributed by atoms with E-state index in [-0.39, 0.29) is 0 Å². The van der Waals surface area contributed by atoms with E-state index in [0.717, 1.165) is 23.7 Å². The van der Waals surface area contributed by atoms with Gasteiger partial charge in [0.15, 0.2) is 0 Å². The molecule has 1 heterocycles. The molecule has 1 aromatic carbocycles. The van der Waals surface area contributed by atoms with Gasteiger partial charge < -0.3 is 15.0 Å². The second-order valence-corrected chi connectivity index (χ2v) is 3.98. The summed E-state index contributed by atoms with van der Waals surface area (Å²) in [6.45, 7) is 3.29. The summed E-state index contributed by atoms with van der Waals surface area (Å²) < 4.78 is 7.30. The summed E-state index contributed by atoms with van der Waals surface area (Å²) in [5, 5.41) is 0. The standard InChI is InChI=1S/C13H17N3O/c1-10-7-11(3-4-12(10)17-2)9-16-6-5-15-13(16)8-14/h3-7H,8-9,14H2,1-2H3. The van der Waals surface area contributed by atoms with E-state index in [0.29, 0.717) is 6.54 Å². The SMILES string of the molecule is COc1ccc(Cn2ccnc2CN)cc1C. The minimum absolute atomic E-state index is 0.460. The fourth-order valence-electron chi connectivity index (χ4n) is 1.91. The molecule has 0 aliphatic heterocycles. The van der Waals surface area contributed by atoms with E-state index in [1.165, 1.54) is 5.56 Å². The molecule has 0 radical (unpaired) electrons. The van der Waals surface area contributed by atoms with Crippen LogP contribution in [0.3, 0.4) is 0 Å². The molecule has 0 bridgehead atoms. The molecule has 0 fully saturated rings. The third kappa shape index (κ3) is 2.47. The molecule has 1 aromatic heterocycles. The molecule has 0 saturated carbocycles. The van der Waals surface area contributed by atoms with Gasteiger partial charge in [-0.25, -0.2) is 4.98 Å². The zero-order valence-electron chi connectivity index (χ0n) is 10.2. The lowest BCUT2D eigenvalue weighted by Crippen LogP contribution is -2.08. The van der Waals surface area contributed by atoms with Gasteiger partial charge in [0.25, 0.3) is 0 Å². The Balaban J connectivity index is 2.22. The number of ether oxygens (including phenoxy) is 1. The average molecular weight is 231 g/mol. The highest BCUT2D eigenvalue weighted by molar-refractivity contribution is 5.36. The van der Waals surface area contributed by atoms with Gasteiger partial charge in [0.1, 0.15) is 11.6 Å². The third-order valence-corrected chi connectivity index (χ3v) is 2.80. The van der Waals surface area contributed by atoms with Crippen molar-refractivity contribution in [1.29, 1.82) is 0 Å². The Morgan fingerprint density at radius 3 is 2.88 bits per heavy atom. The van der Waals surface area contributed by atoms with Crippen molar-refractivity contribution in [2.75, 3.05) is 7.11 Å². The Bertz CT molecular complexity index is 505. The maximum absolute atomic E-state index is 5.62. The average Bonchev–Trinajstić information content (AvgIpc) is 2.76. The predicted molar refractivity (Wildman–Crippen MR) is 67.0 cm³/mol. The second-order valence-electron chi connectivity index (χ2n) is 3.98. The van der Waals surface area contributed by atoms with Gasteiger partial charge in [-0.2, -0.15) is 0 Å². The first-order valence-corrected chi connectivity index (χ1v) is 5.58. The first kappa shape index (κ1) is 11.7. The number of benzene rings is 1. The molecule has 4 heteroatoms. The van der Waals surface area contributed by atoms with Gasteiger partial charge in [-0.3, -0.25) is 0 Å². The molecule has 0 spiro atoms. The number of nitrogens with two attached hydrogens (primary N) is 1. The van der Waals surface area contributed by atoms with Gasteiger partial charge in [-0.15, -0.1) is 0 Å². The van der Waals surface area contributed by atoms with Crippen molar-refractivity contribution in [1.82, 2.24) is 9.55 Å². The number of imidazole rings is 1. The van der Waals surface area contributed by atoms with Crippen molar-refractivity contribution in [2.45, 2.75) is 20.0 Å². The molecule has 2 rings (SSSR count). The van der Waals surface area contributed by atoms with Crippen LogP contribution in [0, 0.1) is 6.92 Å². The topological polar surface area (TPSA) is 53.1 Å². The predicted octanol–water partition coefficient (Wildman–Crippen LogP) is 1.71. The molecule has 17 heavy (non-hydrogen) atoms. The number of methoxy groups -OCH3 is 1. The monoisotopic (exact) mass is 231 g/mol. The number of aryl methyl sites for hydroxylation is 1. The molecule has 2 N–H and O–H groups in total. The normalized spacial score (nSPS) is 10.5. The maximum Gasteiger partial charge on any atom is 0.122 e. The Hall–Kier alpha value is -1.81. The quantitative estimate of drug-likeness (QED) is 0.871. The molecule has 4 nitrogen and oxygen atoms in total. The van der Waals surface area contributed by atoms with Crippen LogP contribution in [0.4, 0.5) is 0 Å². The van der Waals surface area contributed by atoms with E-state index in [1.807, 2.05) is 19.2 Å². The van der Waals surface area contributed by atoms with Crippen LogP contribution in [0.15, 0.2) is 30.6 Å². The van der Waals surface area contributed by atoms with Crippen molar-refractivity contribution in [3.05, 3.63) is 47.5 Å². The molecule has 0 aliphatic rings. The molecule has 0 amide bonds. The first-order valence-electron chi connectivity index (χ1n) is 5.58. The summed E-state index contributed by atoms with van der Waals surface area (Å²) in [5.41, 5.74) is 7.98. The zero-order chi connectivity index (χ0) is 12.3. The van der Waals surface area contributed by atoms with Crippen molar-refractivity contribution in [3.8, 4) is 5.75 Å². The molecule has 0 saturated heterocycles. The Morgan fingerprint density at radius 1 is 1.41 bits per heavy atom. The van der Waals surface area contributed by atoms with Crippen molar-refractivity contribution >= 4 is 0 Å². The summed E-state index contributed by atoms with van der Waals surface area (Å²) in [6.07, 6.45) is 3.72. The van der Waals surface area contributed by atoms with Crippen LogP contribution in [0.1, 0.15) is 17.0 Å². The summed E-state index contributed by atoms with van der Waals surface area (Å²) >= 11 is 0. The van der Waals surface area contributed by atoms with E-state index < -0.39 is 0 Å². The van der Waals surface area contributed by atoms with Gasteiger partial charge in [0.2, 0.25) is 0 Å². The van der Waals surface area contributed by atoms with Gasteiger partial charge in [0.05, 0.1) is 13.7 Å². The summed E-state index contributed by atoms with van der Waals surface area (Å²) in [5.74, 6) is 1.82. The Kier molecular flexibility index (Phi) is 3.44. The lowest BCUT2D eigenvalue weighted by molar-refractivity contribution is 0.411. The third-order valence-electron chi connectivity index (χ3n) is 2.80. The lowest BCUT2D eigenvalue weighted by Gasteiger charge is -2.09. The van der Waals surface area contributed by atoms with Crippen molar-refractivity contribution in [2.24, 2.45) is 5.73 Å². The summed E-state index contributed by atoms with van der Waals surface area (Å²) in [6, 6.07) is 6.18. The van der Waals surface area contributed by atoms with Crippen LogP contribution < -0.4 is 10.5 Å². The van der Waals surface area contributed by atoms with Gasteiger partial charge in [0, 0.05) is 18.9 Å². The highest BCUT2D eigenvalue weighted by Gasteiger charge is 2.03. The Labute approximate surface area is 101 Å². The smallest absolute Gasteiger partial charge is 0.122 e. The van der Waals surface area contributed by atoms with Gasteiger partial charge >= 0.3 is 0 Å². The van der Waals surface area contributed by atoms with E-state index in [2.05, 4.69) is 21.7 Å². The van der Waals surface area contributed by atoms with E-state index in [4.69, 9.17) is 10.5 Å². The van der Waals surface area contributed by atoms with Crippen LogP contribution >= 0.6 is 0 Å². The molecule has 0 aliphatic carbocycles. The molecule has 90 valence electrons. The van der Waals surface area contributed by atoms with Crippen molar-refractivity contribution < 1.29 is 4.74 Å². The second kappa shape index (κ2) is 5.01. The van der Waals surface area contributed by atoms with Crippen LogP contribution in [-0.2, 0) is 13.1 Å². The largest absolute Gasteiger partial charge is 0.496 e. The number of hydrogen-bond acceptors (Lipinski definition) is 3. The van der Waals surface area contributed by atoms with Crippen molar-refractivity contribution in [3.63, 3.8) is 0 Å². The van der Waals surface area contributed by atoms with E-state index in [1.54, 1.807) is 13.3 Å². The lowest BCUT2D eigenvalue weighted by atomic mass is 10.1. The van der Waals surface area contributed by atoms with E-state index in [9.17, 15) is 0 Å². The van der Waals surface area contributed by atoms with Crippen LogP contribution in [0.5, 0.6) is 5.75 Å². The van der Waals surface area contributed by atoms with Crippen LogP contribution in [-0.4, -0.2) is 16.7 Å². The summed E-state index contributed by atoms with van der Waals surface area (Å²) in [7, 11) is 1.68. The highest BCUT2D eigenvalue weighted by Crippen LogP contribution is 2.19. The zero-order valence-corrected chi connectivity index (χ0v) is 10.2. The molecule has 0 atom stereocenters. The van der Waals surface area contributed by atoms with Gasteiger partial charge in [-0.05, 0) is 24.1 Å². The molecular weight excluding hydrogens is 214 g/mol. The fourth-order valence-corrected chi connectivity index (χ4v) is 1.91. The number of hydrogen-bond donors (Lipinski definition) is 1. The number of nitrogens with zero attached hydrogens (tertiary/aromatic N) is 2. The van der Waals surface area contributed by atoms with Crippen LogP contribution in [0.2, 0.25) is 0 Å². The molecular formula is C13H17N3O. The maximum atomic E-state index is 5.62. The van der Waals surface area contributed by atoms with Crippen LogP contribution in [0.25, 0.3) is 0 Å². The minimum Gasteiger partial charge on any atom is -0.496 e. The highest BCUT2D eigenvalue weighted by atomic mass is 16.5. The summed E-state index contributed by atoms with van der Waals surface area (Å²) in [4.78, 5) is 4.20. The van der Waals surface area contributed by atoms with Gasteiger partial charge in [-0.1, -0.05) is 12.1 Å². The number of rotatable bonds is 4. The first-order chi connectivity index (χ1) is 8.24.